The fourth-order valence-corrected chi connectivity index (χ4v) is 2.12. The molecule has 1 aromatic carbocycles. The number of hydrogen-bond donors (Lipinski definition) is 2. The van der Waals surface area contributed by atoms with Crippen LogP contribution in [0.4, 0.5) is 5.69 Å². The van der Waals surface area contributed by atoms with E-state index in [0.717, 1.165) is 18.8 Å². The Labute approximate surface area is 112 Å². The highest BCUT2D eigenvalue weighted by molar-refractivity contribution is 5.39. The molecule has 0 heterocycles. The van der Waals surface area contributed by atoms with Gasteiger partial charge >= 0.3 is 0 Å². The quantitative estimate of drug-likeness (QED) is 0.540. The van der Waals surface area contributed by atoms with E-state index in [9.17, 15) is 0 Å². The lowest BCUT2D eigenvalue weighted by Gasteiger charge is -2.25. The van der Waals surface area contributed by atoms with Crippen molar-refractivity contribution in [2.75, 3.05) is 12.3 Å². The molecular formula is C16H28N2. The number of nitrogens with one attached hydrogen (secondary N) is 1. The molecule has 1 rings (SSSR count). The Balaban J connectivity index is 2.25. The fourth-order valence-electron chi connectivity index (χ4n) is 2.12. The van der Waals surface area contributed by atoms with Crippen LogP contribution in [0.5, 0.6) is 0 Å². The first kappa shape index (κ1) is 15.0. The van der Waals surface area contributed by atoms with Gasteiger partial charge in [0.25, 0.3) is 0 Å². The number of unbranched alkanes of at least 4 members (excludes halogenated alkanes) is 2. The lowest BCUT2D eigenvalue weighted by Crippen LogP contribution is -2.29. The van der Waals surface area contributed by atoms with Crippen molar-refractivity contribution in [1.82, 2.24) is 5.32 Å². The van der Waals surface area contributed by atoms with Crippen LogP contribution in [0, 0.1) is 5.41 Å². The van der Waals surface area contributed by atoms with Crippen molar-refractivity contribution in [3.05, 3.63) is 29.8 Å². The zero-order valence-electron chi connectivity index (χ0n) is 12.1. The molecule has 2 nitrogen and oxygen atoms in total. The highest BCUT2D eigenvalue weighted by Gasteiger charge is 2.16. The van der Waals surface area contributed by atoms with Crippen LogP contribution in [0.3, 0.4) is 0 Å². The minimum Gasteiger partial charge on any atom is -0.399 e. The van der Waals surface area contributed by atoms with Gasteiger partial charge in [-0.1, -0.05) is 52.2 Å². The maximum Gasteiger partial charge on any atom is 0.0314 e. The van der Waals surface area contributed by atoms with Gasteiger partial charge in [0.2, 0.25) is 0 Å². The monoisotopic (exact) mass is 248 g/mol. The first-order chi connectivity index (χ1) is 8.53. The van der Waals surface area contributed by atoms with Crippen LogP contribution in [-0.2, 0) is 6.54 Å². The molecule has 0 aliphatic rings. The predicted octanol–water partition coefficient (Wildman–Crippen LogP) is 3.96. The number of benzene rings is 1. The molecule has 0 aromatic heterocycles. The highest BCUT2D eigenvalue weighted by Crippen LogP contribution is 2.22. The molecule has 0 fully saturated rings. The Hall–Kier alpha value is -1.02. The molecule has 0 aliphatic heterocycles. The van der Waals surface area contributed by atoms with Gasteiger partial charge in [-0.25, -0.2) is 0 Å². The van der Waals surface area contributed by atoms with E-state index in [1.54, 1.807) is 0 Å². The summed E-state index contributed by atoms with van der Waals surface area (Å²) in [6, 6.07) is 8.10. The summed E-state index contributed by atoms with van der Waals surface area (Å²) >= 11 is 0. The molecule has 18 heavy (non-hydrogen) atoms. The summed E-state index contributed by atoms with van der Waals surface area (Å²) in [5, 5.41) is 3.55. The van der Waals surface area contributed by atoms with Gasteiger partial charge in [-0.05, 0) is 29.5 Å². The van der Waals surface area contributed by atoms with Gasteiger partial charge in [0, 0.05) is 18.8 Å². The van der Waals surface area contributed by atoms with E-state index in [4.69, 9.17) is 5.73 Å². The molecule has 3 N–H and O–H groups in total. The maximum absolute atomic E-state index is 5.67. The summed E-state index contributed by atoms with van der Waals surface area (Å²) in [5.74, 6) is 0. The standard InChI is InChI=1S/C16H28N2/c1-4-5-6-11-16(2,3)13-18-12-14-7-9-15(17)10-8-14/h7-10,18H,4-6,11-13,17H2,1-3H3. The molecule has 0 radical (unpaired) electrons. The second kappa shape index (κ2) is 7.42. The van der Waals surface area contributed by atoms with Crippen molar-refractivity contribution in [1.29, 1.82) is 0 Å². The molecule has 0 bridgehead atoms. The van der Waals surface area contributed by atoms with E-state index in [2.05, 4.69) is 38.2 Å². The number of hydrogen-bond acceptors (Lipinski definition) is 2. The molecule has 0 atom stereocenters. The summed E-state index contributed by atoms with van der Waals surface area (Å²) in [4.78, 5) is 0. The first-order valence-electron chi connectivity index (χ1n) is 7.08. The van der Waals surface area contributed by atoms with Crippen LogP contribution >= 0.6 is 0 Å². The number of nitrogen functional groups attached to an aromatic ring is 1. The summed E-state index contributed by atoms with van der Waals surface area (Å²) < 4.78 is 0. The molecular weight excluding hydrogens is 220 g/mol. The van der Waals surface area contributed by atoms with Gasteiger partial charge < -0.3 is 11.1 Å². The Bertz CT molecular complexity index is 327. The van der Waals surface area contributed by atoms with Crippen LogP contribution in [-0.4, -0.2) is 6.54 Å². The first-order valence-corrected chi connectivity index (χ1v) is 7.08. The number of nitrogens with two attached hydrogens (primary N) is 1. The van der Waals surface area contributed by atoms with Crippen LogP contribution in [0.15, 0.2) is 24.3 Å². The molecule has 102 valence electrons. The van der Waals surface area contributed by atoms with Crippen molar-refractivity contribution in [2.45, 2.75) is 53.0 Å². The van der Waals surface area contributed by atoms with Crippen LogP contribution < -0.4 is 11.1 Å². The van der Waals surface area contributed by atoms with E-state index in [1.807, 2.05) is 12.1 Å². The van der Waals surface area contributed by atoms with Gasteiger partial charge in [0.15, 0.2) is 0 Å². The average Bonchev–Trinajstić information content (AvgIpc) is 2.32. The molecule has 0 amide bonds. The topological polar surface area (TPSA) is 38.0 Å². The van der Waals surface area contributed by atoms with Crippen LogP contribution in [0.25, 0.3) is 0 Å². The van der Waals surface area contributed by atoms with Gasteiger partial charge in [-0.3, -0.25) is 0 Å². The van der Waals surface area contributed by atoms with E-state index in [-0.39, 0.29) is 0 Å². The smallest absolute Gasteiger partial charge is 0.0314 e. The fraction of sp³-hybridized carbons (Fsp3) is 0.625. The molecule has 0 unspecified atom stereocenters. The summed E-state index contributed by atoms with van der Waals surface area (Å²) in [7, 11) is 0. The third kappa shape index (κ3) is 6.06. The van der Waals surface area contributed by atoms with Crippen molar-refractivity contribution in [3.63, 3.8) is 0 Å². The Morgan fingerprint density at radius 3 is 2.39 bits per heavy atom. The molecule has 0 spiro atoms. The Morgan fingerprint density at radius 2 is 1.78 bits per heavy atom. The van der Waals surface area contributed by atoms with Crippen molar-refractivity contribution in [2.24, 2.45) is 5.41 Å². The molecule has 2 heteroatoms. The molecule has 0 saturated heterocycles. The number of anilines is 1. The van der Waals surface area contributed by atoms with Gasteiger partial charge in [-0.15, -0.1) is 0 Å². The summed E-state index contributed by atoms with van der Waals surface area (Å²) in [6.45, 7) is 8.95. The third-order valence-corrected chi connectivity index (χ3v) is 3.37. The second-order valence-corrected chi connectivity index (χ2v) is 5.97. The van der Waals surface area contributed by atoms with Crippen molar-refractivity contribution >= 4 is 5.69 Å². The molecule has 1 aromatic rings. The zero-order chi connectivity index (χ0) is 13.4. The van der Waals surface area contributed by atoms with E-state index in [0.29, 0.717) is 5.41 Å². The third-order valence-electron chi connectivity index (χ3n) is 3.37. The van der Waals surface area contributed by atoms with Crippen molar-refractivity contribution < 1.29 is 0 Å². The van der Waals surface area contributed by atoms with Crippen LogP contribution in [0.1, 0.15) is 52.0 Å². The minimum atomic E-state index is 0.392. The maximum atomic E-state index is 5.67. The van der Waals surface area contributed by atoms with E-state index in [1.165, 1.54) is 31.2 Å². The highest BCUT2D eigenvalue weighted by atomic mass is 14.9. The normalized spacial score (nSPS) is 11.7. The van der Waals surface area contributed by atoms with Gasteiger partial charge in [0.05, 0.1) is 0 Å². The second-order valence-electron chi connectivity index (χ2n) is 5.97. The van der Waals surface area contributed by atoms with Crippen molar-refractivity contribution in [3.8, 4) is 0 Å². The molecule has 0 saturated carbocycles. The largest absolute Gasteiger partial charge is 0.399 e. The van der Waals surface area contributed by atoms with Gasteiger partial charge in [-0.2, -0.15) is 0 Å². The molecule has 0 aliphatic carbocycles. The number of rotatable bonds is 8. The van der Waals surface area contributed by atoms with E-state index < -0.39 is 0 Å². The Morgan fingerprint density at radius 1 is 1.11 bits per heavy atom. The predicted molar refractivity (Wildman–Crippen MR) is 80.5 cm³/mol. The average molecular weight is 248 g/mol. The lowest BCUT2D eigenvalue weighted by molar-refractivity contribution is 0.302. The minimum absolute atomic E-state index is 0.392. The summed E-state index contributed by atoms with van der Waals surface area (Å²) in [6.07, 6.45) is 5.29. The summed E-state index contributed by atoms with van der Waals surface area (Å²) in [5.41, 5.74) is 8.20. The SMILES string of the molecule is CCCCCC(C)(C)CNCc1ccc(N)cc1. The van der Waals surface area contributed by atoms with Crippen LogP contribution in [0.2, 0.25) is 0 Å². The lowest BCUT2D eigenvalue weighted by atomic mass is 9.87. The van der Waals surface area contributed by atoms with E-state index >= 15 is 0 Å². The zero-order valence-corrected chi connectivity index (χ0v) is 12.1. The Kier molecular flexibility index (Phi) is 6.20. The van der Waals surface area contributed by atoms with Gasteiger partial charge in [0.1, 0.15) is 0 Å².